The van der Waals surface area contributed by atoms with Crippen LogP contribution in [0.5, 0.6) is 0 Å². The molecule has 1 unspecified atom stereocenters. The number of fused-ring (bicyclic) bond motifs is 2. The van der Waals surface area contributed by atoms with Gasteiger partial charge in [0.1, 0.15) is 6.54 Å². The van der Waals surface area contributed by atoms with E-state index in [0.29, 0.717) is 37.4 Å². The summed E-state index contributed by atoms with van der Waals surface area (Å²) in [5, 5.41) is 12.2. The number of aryl methyl sites for hydroxylation is 1. The standard InChI is InChI=1S/C27H31N3O5/c1-18(20-7-8-20)29(16-19-5-3-2-4-6-19)24(32)17-30-25(33)27(35-26(30)34)12-11-21-15-22(28-13-14-31)9-10-23(21)27/h2-6,9-10,15,18,20,28,31H,7-8,11-14,16-17H2,1H3/t18-,27?/m0/s1. The summed E-state index contributed by atoms with van der Waals surface area (Å²) in [7, 11) is 0. The lowest BCUT2D eigenvalue weighted by molar-refractivity contribution is -0.143. The predicted octanol–water partition coefficient (Wildman–Crippen LogP) is 3.04. The average Bonchev–Trinajstić information content (AvgIpc) is 3.62. The lowest BCUT2D eigenvalue weighted by Gasteiger charge is -2.30. The van der Waals surface area contributed by atoms with Gasteiger partial charge in [0.25, 0.3) is 5.91 Å². The van der Waals surface area contributed by atoms with Gasteiger partial charge in [-0.25, -0.2) is 9.69 Å². The van der Waals surface area contributed by atoms with Crippen LogP contribution >= 0.6 is 0 Å². The number of aliphatic hydroxyl groups is 1. The first kappa shape index (κ1) is 23.4. The monoisotopic (exact) mass is 477 g/mol. The molecule has 3 amide bonds. The maximum absolute atomic E-state index is 13.6. The van der Waals surface area contributed by atoms with Crippen molar-refractivity contribution in [1.29, 1.82) is 0 Å². The van der Waals surface area contributed by atoms with Crippen LogP contribution in [0.25, 0.3) is 0 Å². The third kappa shape index (κ3) is 4.38. The second-order valence-electron chi connectivity index (χ2n) is 9.69. The summed E-state index contributed by atoms with van der Waals surface area (Å²) in [4.78, 5) is 42.7. The molecule has 1 heterocycles. The minimum Gasteiger partial charge on any atom is -0.427 e. The van der Waals surface area contributed by atoms with Gasteiger partial charge >= 0.3 is 6.09 Å². The molecule has 2 fully saturated rings. The molecule has 8 heteroatoms. The Morgan fingerprint density at radius 1 is 1.23 bits per heavy atom. The Morgan fingerprint density at radius 2 is 2.00 bits per heavy atom. The van der Waals surface area contributed by atoms with Gasteiger partial charge in [0.2, 0.25) is 11.5 Å². The van der Waals surface area contributed by atoms with Crippen molar-refractivity contribution < 1.29 is 24.2 Å². The first-order chi connectivity index (χ1) is 16.9. The zero-order valence-corrected chi connectivity index (χ0v) is 19.9. The Kier molecular flexibility index (Phi) is 6.23. The van der Waals surface area contributed by atoms with Gasteiger partial charge in [-0.3, -0.25) is 9.59 Å². The zero-order chi connectivity index (χ0) is 24.6. The lowest BCUT2D eigenvalue weighted by atomic mass is 9.94. The summed E-state index contributed by atoms with van der Waals surface area (Å²) in [6.45, 7) is 2.59. The molecule has 2 aromatic carbocycles. The van der Waals surface area contributed by atoms with Crippen molar-refractivity contribution in [1.82, 2.24) is 9.80 Å². The number of rotatable bonds is 9. The molecule has 35 heavy (non-hydrogen) atoms. The molecule has 1 saturated carbocycles. The SMILES string of the molecule is C[C@@H](C1CC1)N(Cc1ccccc1)C(=O)CN1C(=O)OC2(CCc3cc(NCCO)ccc32)C1=O. The molecule has 3 aliphatic rings. The second kappa shape index (κ2) is 9.34. The first-order valence-corrected chi connectivity index (χ1v) is 12.3. The van der Waals surface area contributed by atoms with E-state index in [1.165, 1.54) is 0 Å². The highest BCUT2D eigenvalue weighted by atomic mass is 16.6. The fourth-order valence-electron chi connectivity index (χ4n) is 5.26. The summed E-state index contributed by atoms with van der Waals surface area (Å²) in [5.41, 5.74) is 2.08. The molecule has 5 rings (SSSR count). The molecule has 1 saturated heterocycles. The van der Waals surface area contributed by atoms with Crippen molar-refractivity contribution >= 4 is 23.6 Å². The second-order valence-corrected chi connectivity index (χ2v) is 9.69. The van der Waals surface area contributed by atoms with E-state index in [9.17, 15) is 14.4 Å². The smallest absolute Gasteiger partial charge is 0.418 e. The van der Waals surface area contributed by atoms with Gasteiger partial charge < -0.3 is 20.1 Å². The third-order valence-corrected chi connectivity index (χ3v) is 7.41. The number of hydrogen-bond acceptors (Lipinski definition) is 6. The van der Waals surface area contributed by atoms with Crippen LogP contribution < -0.4 is 5.32 Å². The molecular weight excluding hydrogens is 446 g/mol. The minimum atomic E-state index is -1.37. The molecular formula is C27H31N3O5. The molecule has 0 aromatic heterocycles. The number of amides is 3. The number of benzene rings is 2. The molecule has 0 bridgehead atoms. The largest absolute Gasteiger partial charge is 0.427 e. The highest BCUT2D eigenvalue weighted by molar-refractivity contribution is 6.06. The zero-order valence-electron chi connectivity index (χ0n) is 19.9. The van der Waals surface area contributed by atoms with E-state index >= 15 is 0 Å². The normalized spacial score (nSPS) is 21.7. The fourth-order valence-corrected chi connectivity index (χ4v) is 5.26. The van der Waals surface area contributed by atoms with Crippen LogP contribution in [0.3, 0.4) is 0 Å². The average molecular weight is 478 g/mol. The summed E-state index contributed by atoms with van der Waals surface area (Å²) in [6.07, 6.45) is 2.34. The molecule has 184 valence electrons. The van der Waals surface area contributed by atoms with Crippen molar-refractivity contribution in [3.05, 3.63) is 65.2 Å². The van der Waals surface area contributed by atoms with Gasteiger partial charge in [-0.2, -0.15) is 0 Å². The quantitative estimate of drug-likeness (QED) is 0.576. The van der Waals surface area contributed by atoms with E-state index in [4.69, 9.17) is 9.84 Å². The van der Waals surface area contributed by atoms with E-state index in [1.54, 1.807) is 11.0 Å². The van der Waals surface area contributed by atoms with Crippen molar-refractivity contribution in [2.24, 2.45) is 5.92 Å². The lowest BCUT2D eigenvalue weighted by Crippen LogP contribution is -2.47. The number of ether oxygens (including phenoxy) is 1. The van der Waals surface area contributed by atoms with E-state index in [2.05, 4.69) is 5.32 Å². The highest BCUT2D eigenvalue weighted by Gasteiger charge is 2.58. The van der Waals surface area contributed by atoms with Crippen LogP contribution in [0, 0.1) is 5.92 Å². The number of hydrogen-bond donors (Lipinski definition) is 2. The summed E-state index contributed by atoms with van der Waals surface area (Å²) in [5.74, 6) is -0.271. The van der Waals surface area contributed by atoms with E-state index < -0.39 is 17.6 Å². The van der Waals surface area contributed by atoms with Crippen LogP contribution in [0.2, 0.25) is 0 Å². The van der Waals surface area contributed by atoms with Gasteiger partial charge in [-0.15, -0.1) is 0 Å². The highest BCUT2D eigenvalue weighted by Crippen LogP contribution is 2.46. The maximum atomic E-state index is 13.6. The number of nitrogens with one attached hydrogen (secondary N) is 1. The van der Waals surface area contributed by atoms with Crippen molar-refractivity contribution in [3.8, 4) is 0 Å². The minimum absolute atomic E-state index is 0.0146. The maximum Gasteiger partial charge on any atom is 0.418 e. The van der Waals surface area contributed by atoms with Gasteiger partial charge in [0.05, 0.1) is 6.61 Å². The predicted molar refractivity (Wildman–Crippen MR) is 129 cm³/mol. The molecule has 1 spiro atoms. The Labute approximate surface area is 204 Å². The Morgan fingerprint density at radius 3 is 2.71 bits per heavy atom. The van der Waals surface area contributed by atoms with Gasteiger partial charge in [-0.1, -0.05) is 36.4 Å². The molecule has 2 atom stereocenters. The summed E-state index contributed by atoms with van der Waals surface area (Å²) in [6, 6.07) is 15.3. The summed E-state index contributed by atoms with van der Waals surface area (Å²) < 4.78 is 5.71. The molecule has 2 aromatic rings. The van der Waals surface area contributed by atoms with E-state index in [-0.39, 0.29) is 25.1 Å². The fraction of sp³-hybridized carbons (Fsp3) is 0.444. The van der Waals surface area contributed by atoms with Crippen molar-refractivity contribution in [3.63, 3.8) is 0 Å². The van der Waals surface area contributed by atoms with Crippen molar-refractivity contribution in [2.45, 2.75) is 50.8 Å². The van der Waals surface area contributed by atoms with Crippen molar-refractivity contribution in [2.75, 3.05) is 25.0 Å². The molecule has 0 radical (unpaired) electrons. The topological polar surface area (TPSA) is 99.2 Å². The molecule has 2 aliphatic carbocycles. The Bertz CT molecular complexity index is 1130. The number of carbonyl (C=O) groups excluding carboxylic acids is 3. The van der Waals surface area contributed by atoms with Crippen LogP contribution in [-0.4, -0.2) is 58.6 Å². The first-order valence-electron chi connectivity index (χ1n) is 12.3. The van der Waals surface area contributed by atoms with Gasteiger partial charge in [0, 0.05) is 36.8 Å². The van der Waals surface area contributed by atoms with Crippen LogP contribution in [0.1, 0.15) is 42.9 Å². The van der Waals surface area contributed by atoms with E-state index in [0.717, 1.165) is 34.6 Å². The van der Waals surface area contributed by atoms with Gasteiger partial charge in [-0.05, 0) is 55.4 Å². The molecule has 1 aliphatic heterocycles. The van der Waals surface area contributed by atoms with Crippen LogP contribution in [-0.2, 0) is 32.9 Å². The van der Waals surface area contributed by atoms with Crippen LogP contribution in [0.4, 0.5) is 10.5 Å². The van der Waals surface area contributed by atoms with Gasteiger partial charge in [0.15, 0.2) is 0 Å². The number of anilines is 1. The Hall–Kier alpha value is -3.39. The molecule has 8 nitrogen and oxygen atoms in total. The number of nitrogens with zero attached hydrogens (tertiary/aromatic N) is 2. The van der Waals surface area contributed by atoms with E-state index in [1.807, 2.05) is 49.4 Å². The number of carbonyl (C=O) groups is 3. The Balaban J connectivity index is 1.34. The third-order valence-electron chi connectivity index (χ3n) is 7.41. The number of aliphatic hydroxyl groups excluding tert-OH is 1. The summed E-state index contributed by atoms with van der Waals surface area (Å²) >= 11 is 0. The number of imide groups is 1. The molecule has 2 N–H and O–H groups in total. The van der Waals surface area contributed by atoms with Crippen LogP contribution in [0.15, 0.2) is 48.5 Å².